The van der Waals surface area contributed by atoms with Crippen LogP contribution in [0, 0.1) is 0 Å². The lowest BCUT2D eigenvalue weighted by molar-refractivity contribution is -0.121. The van der Waals surface area contributed by atoms with E-state index in [9.17, 15) is 9.59 Å². The first kappa shape index (κ1) is 22.2. The van der Waals surface area contributed by atoms with Gasteiger partial charge in [0.05, 0.1) is 12.2 Å². The van der Waals surface area contributed by atoms with E-state index in [1.54, 1.807) is 24.3 Å². The van der Waals surface area contributed by atoms with Gasteiger partial charge in [-0.3, -0.25) is 10.1 Å². The first-order valence-electron chi connectivity index (χ1n) is 10.0. The topological polar surface area (TPSA) is 76.7 Å². The molecule has 0 aliphatic rings. The van der Waals surface area contributed by atoms with Crippen molar-refractivity contribution < 1.29 is 19.1 Å². The molecule has 6 nitrogen and oxygen atoms in total. The maximum atomic E-state index is 12.1. The largest absolute Gasteiger partial charge is 0.484 e. The van der Waals surface area contributed by atoms with E-state index in [1.807, 2.05) is 49.4 Å². The molecule has 0 heterocycles. The zero-order valence-electron chi connectivity index (χ0n) is 17.2. The number of hydrogen-bond acceptors (Lipinski definition) is 5. The van der Waals surface area contributed by atoms with E-state index in [2.05, 4.69) is 10.6 Å². The average Bonchev–Trinajstić information content (AvgIpc) is 2.78. The summed E-state index contributed by atoms with van der Waals surface area (Å²) in [6, 6.07) is 20.2. The number of hydrogen-bond donors (Lipinski definition) is 2. The van der Waals surface area contributed by atoms with Crippen molar-refractivity contribution in [2.24, 2.45) is 0 Å². The number of fused-ring (bicyclic) bond motifs is 1. The maximum Gasteiger partial charge on any atom is 0.338 e. The lowest BCUT2D eigenvalue weighted by atomic mass is 10.1. The standard InChI is InChI=1S/C24H24N2O4S/c1-2-3-14-29-23(28)18-8-11-20(12-9-18)25-24(31)26-22(27)16-30-21-13-10-17-6-4-5-7-19(17)15-21/h4-13,15H,2-3,14,16H2,1H3,(H2,25,26,27,31). The molecule has 160 valence electrons. The fourth-order valence-corrected chi connectivity index (χ4v) is 3.04. The lowest BCUT2D eigenvalue weighted by Gasteiger charge is -2.11. The Balaban J connectivity index is 1.45. The maximum absolute atomic E-state index is 12.1. The van der Waals surface area contributed by atoms with Crippen molar-refractivity contribution in [3.63, 3.8) is 0 Å². The van der Waals surface area contributed by atoms with Crippen LogP contribution in [0.1, 0.15) is 30.1 Å². The van der Waals surface area contributed by atoms with Crippen LogP contribution in [0.3, 0.4) is 0 Å². The highest BCUT2D eigenvalue weighted by Gasteiger charge is 2.09. The number of ether oxygens (including phenoxy) is 2. The van der Waals surface area contributed by atoms with Gasteiger partial charge in [-0.1, -0.05) is 43.7 Å². The van der Waals surface area contributed by atoms with Crippen molar-refractivity contribution in [2.45, 2.75) is 19.8 Å². The van der Waals surface area contributed by atoms with Gasteiger partial charge in [0.1, 0.15) is 5.75 Å². The van der Waals surface area contributed by atoms with Gasteiger partial charge in [-0.05, 0) is 65.8 Å². The Morgan fingerprint density at radius 3 is 2.45 bits per heavy atom. The molecule has 7 heteroatoms. The second kappa shape index (κ2) is 11.1. The summed E-state index contributed by atoms with van der Waals surface area (Å²) in [7, 11) is 0. The summed E-state index contributed by atoms with van der Waals surface area (Å²) >= 11 is 5.17. The number of rotatable bonds is 8. The quantitative estimate of drug-likeness (QED) is 0.303. The summed E-state index contributed by atoms with van der Waals surface area (Å²) in [6.07, 6.45) is 1.80. The summed E-state index contributed by atoms with van der Waals surface area (Å²) in [4.78, 5) is 24.0. The van der Waals surface area contributed by atoms with Gasteiger partial charge in [-0.25, -0.2) is 4.79 Å². The second-order valence-electron chi connectivity index (χ2n) is 6.87. The SMILES string of the molecule is CCCCOC(=O)c1ccc(NC(=S)NC(=O)COc2ccc3ccccc3c2)cc1. The lowest BCUT2D eigenvalue weighted by Crippen LogP contribution is -2.37. The van der Waals surface area contributed by atoms with Crippen LogP contribution in [0.5, 0.6) is 5.75 Å². The minimum Gasteiger partial charge on any atom is -0.484 e. The minimum absolute atomic E-state index is 0.144. The van der Waals surface area contributed by atoms with E-state index in [0.29, 0.717) is 23.6 Å². The smallest absolute Gasteiger partial charge is 0.338 e. The molecule has 0 aliphatic carbocycles. The van der Waals surface area contributed by atoms with Gasteiger partial charge in [0, 0.05) is 5.69 Å². The number of benzene rings is 3. The molecular weight excluding hydrogens is 412 g/mol. The third-order valence-electron chi connectivity index (χ3n) is 4.45. The van der Waals surface area contributed by atoms with Crippen LogP contribution < -0.4 is 15.4 Å². The zero-order chi connectivity index (χ0) is 22.1. The number of esters is 1. The fraction of sp³-hybridized carbons (Fsp3) is 0.208. The molecule has 0 spiro atoms. The second-order valence-corrected chi connectivity index (χ2v) is 7.28. The number of thiocarbonyl (C=S) groups is 1. The number of amides is 1. The third-order valence-corrected chi connectivity index (χ3v) is 4.66. The Labute approximate surface area is 186 Å². The Morgan fingerprint density at radius 2 is 1.71 bits per heavy atom. The van der Waals surface area contributed by atoms with Crippen LogP contribution >= 0.6 is 12.2 Å². The molecule has 3 rings (SSSR count). The Bertz CT molecular complexity index is 1070. The predicted octanol–water partition coefficient (Wildman–Crippen LogP) is 4.69. The number of unbranched alkanes of at least 4 members (excludes halogenated alkanes) is 1. The van der Waals surface area contributed by atoms with Crippen LogP contribution in [-0.4, -0.2) is 30.2 Å². The van der Waals surface area contributed by atoms with Gasteiger partial charge in [-0.2, -0.15) is 0 Å². The first-order chi connectivity index (χ1) is 15.0. The highest BCUT2D eigenvalue weighted by molar-refractivity contribution is 7.80. The van der Waals surface area contributed by atoms with E-state index in [-0.39, 0.29) is 23.6 Å². The van der Waals surface area contributed by atoms with Crippen LogP contribution in [-0.2, 0) is 9.53 Å². The van der Waals surface area contributed by atoms with Crippen molar-refractivity contribution in [3.8, 4) is 5.75 Å². The van der Waals surface area contributed by atoms with E-state index >= 15 is 0 Å². The Morgan fingerprint density at radius 1 is 0.968 bits per heavy atom. The molecule has 0 aromatic heterocycles. The summed E-state index contributed by atoms with van der Waals surface area (Å²) in [5.41, 5.74) is 1.10. The van der Waals surface area contributed by atoms with Crippen LogP contribution in [0.15, 0.2) is 66.7 Å². The van der Waals surface area contributed by atoms with Gasteiger partial charge >= 0.3 is 5.97 Å². The van der Waals surface area contributed by atoms with E-state index in [0.717, 1.165) is 23.6 Å². The zero-order valence-corrected chi connectivity index (χ0v) is 18.0. The third kappa shape index (κ3) is 6.79. The molecule has 0 aliphatic heterocycles. The van der Waals surface area contributed by atoms with Gasteiger partial charge in [-0.15, -0.1) is 0 Å². The summed E-state index contributed by atoms with van der Waals surface area (Å²) in [5.74, 6) is -0.127. The molecule has 0 bridgehead atoms. The van der Waals surface area contributed by atoms with Crippen LogP contribution in [0.2, 0.25) is 0 Å². The monoisotopic (exact) mass is 436 g/mol. The molecule has 0 unspecified atom stereocenters. The highest BCUT2D eigenvalue weighted by atomic mass is 32.1. The van der Waals surface area contributed by atoms with E-state index in [4.69, 9.17) is 21.7 Å². The Kier molecular flexibility index (Phi) is 7.95. The van der Waals surface area contributed by atoms with E-state index in [1.165, 1.54) is 0 Å². The average molecular weight is 437 g/mol. The minimum atomic E-state index is -0.373. The molecule has 0 radical (unpaired) electrons. The summed E-state index contributed by atoms with van der Waals surface area (Å²) in [6.45, 7) is 2.28. The number of anilines is 1. The predicted molar refractivity (Wildman–Crippen MR) is 125 cm³/mol. The van der Waals surface area contributed by atoms with E-state index < -0.39 is 0 Å². The first-order valence-corrected chi connectivity index (χ1v) is 10.5. The normalized spacial score (nSPS) is 10.4. The van der Waals surface area contributed by atoms with Crippen molar-refractivity contribution in [1.29, 1.82) is 0 Å². The molecular formula is C24H24N2O4S. The fourth-order valence-electron chi connectivity index (χ4n) is 2.81. The van der Waals surface area contributed by atoms with Gasteiger partial charge < -0.3 is 14.8 Å². The molecule has 3 aromatic rings. The van der Waals surface area contributed by atoms with Crippen molar-refractivity contribution in [1.82, 2.24) is 5.32 Å². The molecule has 0 saturated carbocycles. The van der Waals surface area contributed by atoms with Crippen LogP contribution in [0.4, 0.5) is 5.69 Å². The Hall–Kier alpha value is -3.45. The molecule has 0 atom stereocenters. The molecule has 0 fully saturated rings. The molecule has 0 saturated heterocycles. The van der Waals surface area contributed by atoms with Crippen molar-refractivity contribution in [2.75, 3.05) is 18.5 Å². The summed E-state index contributed by atoms with van der Waals surface area (Å²) < 4.78 is 10.7. The van der Waals surface area contributed by atoms with Gasteiger partial charge in [0.2, 0.25) is 0 Å². The van der Waals surface area contributed by atoms with Gasteiger partial charge in [0.25, 0.3) is 5.91 Å². The number of nitrogens with one attached hydrogen (secondary N) is 2. The van der Waals surface area contributed by atoms with Crippen molar-refractivity contribution >= 4 is 45.7 Å². The number of carbonyl (C=O) groups is 2. The molecule has 31 heavy (non-hydrogen) atoms. The molecule has 1 amide bonds. The van der Waals surface area contributed by atoms with Crippen LogP contribution in [0.25, 0.3) is 10.8 Å². The molecule has 3 aromatic carbocycles. The van der Waals surface area contributed by atoms with Gasteiger partial charge in [0.15, 0.2) is 11.7 Å². The number of carbonyl (C=O) groups excluding carboxylic acids is 2. The summed E-state index contributed by atoms with van der Waals surface area (Å²) in [5, 5.41) is 7.76. The van der Waals surface area contributed by atoms with Crippen molar-refractivity contribution in [3.05, 3.63) is 72.3 Å². The molecule has 2 N–H and O–H groups in total. The highest BCUT2D eigenvalue weighted by Crippen LogP contribution is 2.20.